The van der Waals surface area contributed by atoms with Gasteiger partial charge in [-0.25, -0.2) is 4.79 Å². The molecule has 0 radical (unpaired) electrons. The average molecular weight is 493 g/mol. The molecule has 4 aliphatic rings. The van der Waals surface area contributed by atoms with E-state index < -0.39 is 12.1 Å². The van der Waals surface area contributed by atoms with E-state index in [-0.39, 0.29) is 17.8 Å². The van der Waals surface area contributed by atoms with E-state index in [1.165, 1.54) is 44.1 Å². The number of carboxylic acids is 1. The van der Waals surface area contributed by atoms with Crippen LogP contribution in [0.5, 0.6) is 5.75 Å². The summed E-state index contributed by atoms with van der Waals surface area (Å²) in [5, 5.41) is 20.0. The predicted molar refractivity (Wildman–Crippen MR) is 137 cm³/mol. The lowest BCUT2D eigenvalue weighted by atomic mass is 9.48. The van der Waals surface area contributed by atoms with Gasteiger partial charge < -0.3 is 24.4 Å². The van der Waals surface area contributed by atoms with Gasteiger partial charge in [0.1, 0.15) is 5.75 Å². The summed E-state index contributed by atoms with van der Waals surface area (Å²) in [5.41, 5.74) is 3.26. The van der Waals surface area contributed by atoms with Crippen LogP contribution in [0.1, 0.15) is 71.7 Å². The molecule has 0 aromatic heterocycles. The maximum absolute atomic E-state index is 11.1. The number of carbonyl (C=O) groups is 1. The second-order valence-electron chi connectivity index (χ2n) is 10.8. The summed E-state index contributed by atoms with van der Waals surface area (Å²) >= 11 is 0. The Kier molecular flexibility index (Phi) is 7.47. The number of aliphatic hydroxyl groups excluding tert-OH is 1. The predicted octanol–water partition coefficient (Wildman–Crippen LogP) is 5.60. The van der Waals surface area contributed by atoms with E-state index in [4.69, 9.17) is 19.3 Å². The number of aromatic carboxylic acids is 1. The monoisotopic (exact) mass is 492 g/mol. The molecule has 4 fully saturated rings. The summed E-state index contributed by atoms with van der Waals surface area (Å²) in [6.45, 7) is 1.13. The van der Waals surface area contributed by atoms with Gasteiger partial charge in [-0.2, -0.15) is 0 Å². The van der Waals surface area contributed by atoms with Gasteiger partial charge in [0.05, 0.1) is 24.9 Å². The van der Waals surface area contributed by atoms with Crippen LogP contribution in [-0.2, 0) is 14.9 Å². The van der Waals surface area contributed by atoms with Gasteiger partial charge in [0.2, 0.25) is 0 Å². The number of hydrogen-bond acceptors (Lipinski definition) is 5. The highest BCUT2D eigenvalue weighted by atomic mass is 16.7. The topological polar surface area (TPSA) is 85.2 Å². The SMILES string of the molecule is COCCOCOc1cc(C(O)C=Cc2ccc(C(=O)O)cc2)ccc1C12CC3CC(CC(C3)C1)C2. The molecule has 2 aromatic rings. The van der Waals surface area contributed by atoms with E-state index in [2.05, 4.69) is 6.07 Å². The number of ether oxygens (including phenoxy) is 3. The lowest BCUT2D eigenvalue weighted by molar-refractivity contribution is -0.0190. The van der Waals surface area contributed by atoms with Crippen molar-refractivity contribution in [2.24, 2.45) is 17.8 Å². The highest BCUT2D eigenvalue weighted by Crippen LogP contribution is 2.62. The zero-order chi connectivity index (χ0) is 25.1. The van der Waals surface area contributed by atoms with Crippen LogP contribution in [0.4, 0.5) is 0 Å². The molecule has 192 valence electrons. The molecular weight excluding hydrogens is 456 g/mol. The van der Waals surface area contributed by atoms with E-state index in [1.54, 1.807) is 43.5 Å². The van der Waals surface area contributed by atoms with Gasteiger partial charge in [0.15, 0.2) is 6.79 Å². The highest BCUT2D eigenvalue weighted by molar-refractivity contribution is 5.87. The molecule has 0 amide bonds. The van der Waals surface area contributed by atoms with E-state index in [0.29, 0.717) is 13.2 Å². The van der Waals surface area contributed by atoms with Gasteiger partial charge >= 0.3 is 5.97 Å². The van der Waals surface area contributed by atoms with Crippen LogP contribution in [0.15, 0.2) is 48.5 Å². The first kappa shape index (κ1) is 25.0. The van der Waals surface area contributed by atoms with E-state index in [0.717, 1.165) is 34.6 Å². The Balaban J connectivity index is 1.36. The lowest BCUT2D eigenvalue weighted by Gasteiger charge is -2.57. The molecule has 6 nitrogen and oxygen atoms in total. The molecule has 2 N–H and O–H groups in total. The minimum atomic E-state index is -0.955. The van der Waals surface area contributed by atoms with Crippen molar-refractivity contribution >= 4 is 12.0 Å². The lowest BCUT2D eigenvalue weighted by Crippen LogP contribution is -2.48. The van der Waals surface area contributed by atoms with Gasteiger partial charge in [-0.05, 0) is 91.0 Å². The number of carboxylic acid groups (broad SMARTS) is 1. The zero-order valence-corrected chi connectivity index (χ0v) is 20.9. The van der Waals surface area contributed by atoms with Crippen molar-refractivity contribution < 1.29 is 29.2 Å². The summed E-state index contributed by atoms with van der Waals surface area (Å²) < 4.78 is 16.9. The zero-order valence-electron chi connectivity index (χ0n) is 20.9. The standard InChI is InChI=1S/C30H36O6/c1-34-10-11-35-19-36-28-15-25(27(31)9-4-20-2-5-24(6-3-20)29(32)33)7-8-26(28)30-16-21-12-22(17-30)14-23(13-21)18-30/h2-9,15,21-23,27,31H,10-14,16-19H2,1H3,(H,32,33). The Bertz CT molecular complexity index is 1050. The minimum Gasteiger partial charge on any atom is -0.478 e. The van der Waals surface area contributed by atoms with Crippen LogP contribution in [0.2, 0.25) is 0 Å². The summed E-state index contributed by atoms with van der Waals surface area (Å²) in [7, 11) is 1.65. The number of rotatable bonds is 11. The highest BCUT2D eigenvalue weighted by Gasteiger charge is 2.52. The molecule has 0 aliphatic heterocycles. The fourth-order valence-corrected chi connectivity index (χ4v) is 7.08. The van der Waals surface area contributed by atoms with Crippen molar-refractivity contribution in [3.8, 4) is 5.75 Å². The largest absolute Gasteiger partial charge is 0.478 e. The summed E-state index contributed by atoms with van der Waals surface area (Å²) in [6.07, 6.45) is 10.5. The first-order valence-corrected chi connectivity index (χ1v) is 13.0. The van der Waals surface area contributed by atoms with Gasteiger partial charge in [0.25, 0.3) is 0 Å². The third-order valence-corrected chi connectivity index (χ3v) is 8.31. The quantitative estimate of drug-likeness (QED) is 0.314. The van der Waals surface area contributed by atoms with Crippen molar-refractivity contribution in [2.75, 3.05) is 27.1 Å². The van der Waals surface area contributed by atoms with Crippen molar-refractivity contribution in [1.82, 2.24) is 0 Å². The fraction of sp³-hybridized carbons (Fsp3) is 0.500. The van der Waals surface area contributed by atoms with E-state index >= 15 is 0 Å². The Morgan fingerprint density at radius 2 is 1.69 bits per heavy atom. The van der Waals surface area contributed by atoms with E-state index in [1.807, 2.05) is 12.1 Å². The number of methoxy groups -OCH3 is 1. The number of aliphatic hydroxyl groups is 1. The smallest absolute Gasteiger partial charge is 0.335 e. The normalized spacial score (nSPS) is 27.4. The Morgan fingerprint density at radius 3 is 2.31 bits per heavy atom. The molecule has 1 atom stereocenters. The molecule has 6 rings (SSSR count). The molecule has 0 heterocycles. The first-order chi connectivity index (χ1) is 17.5. The molecule has 36 heavy (non-hydrogen) atoms. The number of hydrogen-bond donors (Lipinski definition) is 2. The summed E-state index contributed by atoms with van der Waals surface area (Å²) in [4.78, 5) is 11.1. The molecule has 2 aromatic carbocycles. The number of benzene rings is 2. The van der Waals surface area contributed by atoms with E-state index in [9.17, 15) is 9.90 Å². The van der Waals surface area contributed by atoms with Crippen LogP contribution in [0.25, 0.3) is 6.08 Å². The maximum atomic E-state index is 11.1. The molecule has 0 saturated heterocycles. The summed E-state index contributed by atoms with van der Waals surface area (Å²) in [6, 6.07) is 12.7. The van der Waals surface area contributed by atoms with Crippen LogP contribution in [0, 0.1) is 17.8 Å². The second kappa shape index (κ2) is 10.8. The molecule has 4 aliphatic carbocycles. The van der Waals surface area contributed by atoms with Crippen molar-refractivity contribution in [1.29, 1.82) is 0 Å². The van der Waals surface area contributed by atoms with Gasteiger partial charge in [-0.3, -0.25) is 0 Å². The third kappa shape index (κ3) is 5.36. The van der Waals surface area contributed by atoms with Crippen LogP contribution >= 0.6 is 0 Å². The van der Waals surface area contributed by atoms with Crippen LogP contribution in [-0.4, -0.2) is 43.3 Å². The molecule has 6 heteroatoms. The van der Waals surface area contributed by atoms with Crippen LogP contribution < -0.4 is 4.74 Å². The summed E-state index contributed by atoms with van der Waals surface area (Å²) in [5.74, 6) is 2.32. The molecule has 0 spiro atoms. The Hall–Kier alpha value is -2.67. The average Bonchev–Trinajstić information content (AvgIpc) is 2.86. The van der Waals surface area contributed by atoms with Crippen molar-refractivity contribution in [2.45, 2.75) is 50.0 Å². The van der Waals surface area contributed by atoms with Crippen LogP contribution in [0.3, 0.4) is 0 Å². The molecular formula is C30H36O6. The minimum absolute atomic E-state index is 0.147. The fourth-order valence-electron chi connectivity index (χ4n) is 7.08. The van der Waals surface area contributed by atoms with Gasteiger partial charge in [-0.15, -0.1) is 0 Å². The molecule has 4 bridgehead atoms. The Morgan fingerprint density at radius 1 is 1.03 bits per heavy atom. The maximum Gasteiger partial charge on any atom is 0.335 e. The van der Waals surface area contributed by atoms with Crippen molar-refractivity contribution in [3.05, 3.63) is 70.8 Å². The van der Waals surface area contributed by atoms with Gasteiger partial charge in [-0.1, -0.05) is 36.4 Å². The third-order valence-electron chi connectivity index (χ3n) is 8.31. The van der Waals surface area contributed by atoms with Crippen molar-refractivity contribution in [3.63, 3.8) is 0 Å². The Labute approximate surface area is 212 Å². The molecule has 1 unspecified atom stereocenters. The van der Waals surface area contributed by atoms with Gasteiger partial charge in [0, 0.05) is 12.7 Å². The molecule has 4 saturated carbocycles. The first-order valence-electron chi connectivity index (χ1n) is 13.0. The second-order valence-corrected chi connectivity index (χ2v) is 10.8.